The second kappa shape index (κ2) is 4.50. The van der Waals surface area contributed by atoms with Gasteiger partial charge in [-0.25, -0.2) is 8.42 Å². The zero-order chi connectivity index (χ0) is 13.2. The van der Waals surface area contributed by atoms with Crippen molar-refractivity contribution >= 4 is 15.5 Å². The summed E-state index contributed by atoms with van der Waals surface area (Å²) in [6, 6.07) is 9.23. The monoisotopic (exact) mass is 266 g/mol. The first-order chi connectivity index (χ1) is 8.50. The molecule has 1 aromatic rings. The molecule has 1 unspecified atom stereocenters. The number of nitrogens with one attached hydrogen (secondary N) is 1. The number of nitriles is 1. The summed E-state index contributed by atoms with van der Waals surface area (Å²) in [5.41, 5.74) is -0.411. The van der Waals surface area contributed by atoms with Gasteiger partial charge in [0.1, 0.15) is 11.3 Å². The summed E-state index contributed by atoms with van der Waals surface area (Å²) in [5, 5.41) is 12.3. The van der Waals surface area contributed by atoms with Crippen LogP contribution in [-0.4, -0.2) is 32.6 Å². The second-order valence-corrected chi connectivity index (χ2v) is 6.55. The van der Waals surface area contributed by atoms with Crippen LogP contribution in [0.1, 0.15) is 6.42 Å². The van der Waals surface area contributed by atoms with Crippen LogP contribution in [0.15, 0.2) is 24.3 Å². The van der Waals surface area contributed by atoms with Gasteiger partial charge in [-0.05, 0) is 18.6 Å². The highest BCUT2D eigenvalue weighted by Gasteiger charge is 2.43. The minimum absolute atomic E-state index is 0.0444. The molecule has 0 aliphatic carbocycles. The van der Waals surface area contributed by atoms with E-state index < -0.39 is 15.4 Å². The summed E-state index contributed by atoms with van der Waals surface area (Å²) in [6.45, 7) is 0. The van der Waals surface area contributed by atoms with Crippen molar-refractivity contribution in [1.82, 2.24) is 0 Å². The van der Waals surface area contributed by atoms with Gasteiger partial charge >= 0.3 is 0 Å². The Bertz CT molecular complexity index is 592. The second-order valence-electron chi connectivity index (χ2n) is 4.36. The van der Waals surface area contributed by atoms with Crippen molar-refractivity contribution < 1.29 is 13.2 Å². The highest BCUT2D eigenvalue weighted by atomic mass is 32.2. The maximum atomic E-state index is 11.5. The molecule has 0 bridgehead atoms. The standard InChI is InChI=1S/C12H14N2O3S/c1-17-11-5-3-2-4-10(11)14-12(8-13)6-7-18(15,16)9-12/h2-5,14H,6-7,9H2,1H3. The van der Waals surface area contributed by atoms with E-state index in [1.54, 1.807) is 18.2 Å². The van der Waals surface area contributed by atoms with Crippen LogP contribution in [0.4, 0.5) is 5.69 Å². The molecule has 5 nitrogen and oxygen atoms in total. The third-order valence-corrected chi connectivity index (χ3v) is 4.76. The van der Waals surface area contributed by atoms with E-state index in [1.807, 2.05) is 6.07 Å². The maximum Gasteiger partial charge on any atom is 0.153 e. The molecule has 0 saturated carbocycles. The number of hydrogen-bond acceptors (Lipinski definition) is 5. The van der Waals surface area contributed by atoms with Crippen molar-refractivity contribution in [3.63, 3.8) is 0 Å². The van der Waals surface area contributed by atoms with Crippen LogP contribution < -0.4 is 10.1 Å². The fraction of sp³-hybridized carbons (Fsp3) is 0.417. The average molecular weight is 266 g/mol. The quantitative estimate of drug-likeness (QED) is 0.889. The van der Waals surface area contributed by atoms with Crippen molar-refractivity contribution in [3.05, 3.63) is 24.3 Å². The minimum atomic E-state index is -3.13. The van der Waals surface area contributed by atoms with Gasteiger partial charge < -0.3 is 10.1 Å². The Morgan fingerprint density at radius 1 is 1.44 bits per heavy atom. The molecule has 1 aliphatic heterocycles. The molecule has 1 fully saturated rings. The molecule has 96 valence electrons. The summed E-state index contributed by atoms with van der Waals surface area (Å²) < 4.78 is 28.2. The lowest BCUT2D eigenvalue weighted by Gasteiger charge is -2.23. The van der Waals surface area contributed by atoms with Gasteiger partial charge in [0.15, 0.2) is 9.84 Å². The number of hydrogen-bond donors (Lipinski definition) is 1. The molecular weight excluding hydrogens is 252 g/mol. The van der Waals surface area contributed by atoms with E-state index in [1.165, 1.54) is 7.11 Å². The largest absolute Gasteiger partial charge is 0.495 e. The number of para-hydroxylation sites is 2. The SMILES string of the molecule is COc1ccccc1NC1(C#N)CCS(=O)(=O)C1. The summed E-state index contributed by atoms with van der Waals surface area (Å²) in [4.78, 5) is 0. The number of sulfone groups is 1. The third-order valence-electron chi connectivity index (χ3n) is 3.00. The highest BCUT2D eigenvalue weighted by Crippen LogP contribution is 2.31. The van der Waals surface area contributed by atoms with E-state index in [0.717, 1.165) is 0 Å². The van der Waals surface area contributed by atoms with Crippen molar-refractivity contribution in [2.24, 2.45) is 0 Å². The Labute approximate surface area is 106 Å². The van der Waals surface area contributed by atoms with E-state index in [2.05, 4.69) is 11.4 Å². The number of ether oxygens (including phenoxy) is 1. The zero-order valence-electron chi connectivity index (χ0n) is 10.0. The third kappa shape index (κ3) is 2.41. The molecule has 0 spiro atoms. The fourth-order valence-electron chi connectivity index (χ4n) is 2.07. The van der Waals surface area contributed by atoms with Crippen molar-refractivity contribution in [3.8, 4) is 11.8 Å². The first-order valence-corrected chi connectivity index (χ1v) is 7.35. The number of methoxy groups -OCH3 is 1. The molecule has 1 saturated heterocycles. The number of anilines is 1. The summed E-state index contributed by atoms with van der Waals surface area (Å²) in [7, 11) is -1.60. The Morgan fingerprint density at radius 2 is 2.17 bits per heavy atom. The van der Waals surface area contributed by atoms with Gasteiger partial charge in [-0.1, -0.05) is 12.1 Å². The molecule has 2 rings (SSSR count). The van der Waals surface area contributed by atoms with Gasteiger partial charge in [-0.15, -0.1) is 0 Å². The first kappa shape index (κ1) is 12.7. The Morgan fingerprint density at radius 3 is 2.72 bits per heavy atom. The van der Waals surface area contributed by atoms with E-state index >= 15 is 0 Å². The molecule has 18 heavy (non-hydrogen) atoms. The van der Waals surface area contributed by atoms with Gasteiger partial charge in [0, 0.05) is 0 Å². The molecule has 1 heterocycles. The van der Waals surface area contributed by atoms with Crippen molar-refractivity contribution in [2.75, 3.05) is 23.9 Å². The predicted octanol–water partition coefficient (Wildman–Crippen LogP) is 1.19. The predicted molar refractivity (Wildman–Crippen MR) is 68.2 cm³/mol. The van der Waals surface area contributed by atoms with Crippen LogP contribution in [0.3, 0.4) is 0 Å². The molecule has 1 atom stereocenters. The molecule has 0 aromatic heterocycles. The Kier molecular flexibility index (Phi) is 3.18. The first-order valence-electron chi connectivity index (χ1n) is 5.53. The summed E-state index contributed by atoms with van der Waals surface area (Å²) in [5.74, 6) is 0.480. The number of benzene rings is 1. The van der Waals surface area contributed by atoms with Crippen LogP contribution in [-0.2, 0) is 9.84 Å². The van der Waals surface area contributed by atoms with Gasteiger partial charge in [0.2, 0.25) is 0 Å². The topological polar surface area (TPSA) is 79.2 Å². The van der Waals surface area contributed by atoms with Crippen LogP contribution in [0, 0.1) is 11.3 Å². The van der Waals surface area contributed by atoms with Gasteiger partial charge in [0.05, 0.1) is 30.4 Å². The van der Waals surface area contributed by atoms with E-state index in [-0.39, 0.29) is 11.5 Å². The molecule has 1 aliphatic rings. The average Bonchev–Trinajstić information content (AvgIpc) is 2.66. The molecule has 0 amide bonds. The fourth-order valence-corrected chi connectivity index (χ4v) is 3.91. The smallest absolute Gasteiger partial charge is 0.153 e. The van der Waals surface area contributed by atoms with Crippen LogP contribution in [0.5, 0.6) is 5.75 Å². The Hall–Kier alpha value is -1.74. The number of rotatable bonds is 3. The van der Waals surface area contributed by atoms with Gasteiger partial charge in [0.25, 0.3) is 0 Å². The summed E-state index contributed by atoms with van der Waals surface area (Å²) >= 11 is 0. The van der Waals surface area contributed by atoms with Crippen molar-refractivity contribution in [1.29, 1.82) is 5.26 Å². The minimum Gasteiger partial charge on any atom is -0.495 e. The van der Waals surface area contributed by atoms with Crippen LogP contribution >= 0.6 is 0 Å². The van der Waals surface area contributed by atoms with Crippen LogP contribution in [0.25, 0.3) is 0 Å². The van der Waals surface area contributed by atoms with Crippen molar-refractivity contribution in [2.45, 2.75) is 12.0 Å². The normalized spacial score (nSPS) is 25.3. The molecule has 1 N–H and O–H groups in total. The van der Waals surface area contributed by atoms with E-state index in [4.69, 9.17) is 4.74 Å². The van der Waals surface area contributed by atoms with E-state index in [9.17, 15) is 13.7 Å². The van der Waals surface area contributed by atoms with Gasteiger partial charge in [-0.3, -0.25) is 0 Å². The maximum absolute atomic E-state index is 11.5. The van der Waals surface area contributed by atoms with Gasteiger partial charge in [-0.2, -0.15) is 5.26 Å². The zero-order valence-corrected chi connectivity index (χ0v) is 10.8. The number of nitrogens with zero attached hydrogens (tertiary/aromatic N) is 1. The molecular formula is C12H14N2O3S. The lowest BCUT2D eigenvalue weighted by molar-refractivity contribution is 0.415. The van der Waals surface area contributed by atoms with E-state index in [0.29, 0.717) is 17.9 Å². The molecule has 6 heteroatoms. The lowest BCUT2D eigenvalue weighted by Crippen LogP contribution is -2.37. The summed E-state index contributed by atoms with van der Waals surface area (Å²) in [6.07, 6.45) is 0.296. The Balaban J connectivity index is 2.30. The van der Waals surface area contributed by atoms with Crippen LogP contribution in [0.2, 0.25) is 0 Å². The molecule has 0 radical (unpaired) electrons. The highest BCUT2D eigenvalue weighted by molar-refractivity contribution is 7.91. The molecule has 1 aromatic carbocycles. The lowest BCUT2D eigenvalue weighted by atomic mass is 10.0.